The van der Waals surface area contributed by atoms with Crippen LogP contribution < -0.4 is 15.4 Å². The molecule has 0 fully saturated rings. The van der Waals surface area contributed by atoms with Gasteiger partial charge in [-0.15, -0.1) is 0 Å². The van der Waals surface area contributed by atoms with Gasteiger partial charge in [-0.2, -0.15) is 0 Å². The van der Waals surface area contributed by atoms with E-state index in [1.165, 1.54) is 0 Å². The summed E-state index contributed by atoms with van der Waals surface area (Å²) in [5, 5.41) is 5.65. The van der Waals surface area contributed by atoms with Crippen molar-refractivity contribution in [3.63, 3.8) is 0 Å². The molecular weight excluding hydrogens is 364 g/mol. The number of nitrogens with one attached hydrogen (secondary N) is 2. The maximum Gasteiger partial charge on any atom is 0.262 e. The molecule has 0 heterocycles. The summed E-state index contributed by atoms with van der Waals surface area (Å²) < 4.78 is 5.62. The fourth-order valence-electron chi connectivity index (χ4n) is 2.87. The van der Waals surface area contributed by atoms with Gasteiger partial charge in [-0.25, -0.2) is 0 Å². The molecule has 0 aliphatic rings. The van der Waals surface area contributed by atoms with E-state index in [0.29, 0.717) is 22.7 Å². The number of amides is 2. The lowest BCUT2D eigenvalue weighted by Crippen LogP contribution is -2.20. The van der Waals surface area contributed by atoms with Crippen molar-refractivity contribution in [2.45, 2.75) is 20.8 Å². The van der Waals surface area contributed by atoms with Crippen LogP contribution in [0, 0.1) is 20.8 Å². The highest BCUT2D eigenvalue weighted by molar-refractivity contribution is 6.05. The molecule has 0 atom stereocenters. The zero-order valence-corrected chi connectivity index (χ0v) is 16.8. The summed E-state index contributed by atoms with van der Waals surface area (Å²) in [6, 6.07) is 20.3. The van der Waals surface area contributed by atoms with E-state index in [1.54, 1.807) is 30.3 Å². The van der Waals surface area contributed by atoms with Gasteiger partial charge in [0.2, 0.25) is 0 Å². The first-order chi connectivity index (χ1) is 13.9. The highest BCUT2D eigenvalue weighted by Gasteiger charge is 2.09. The summed E-state index contributed by atoms with van der Waals surface area (Å²) in [5.41, 5.74) is 4.90. The Morgan fingerprint density at radius 3 is 2.14 bits per heavy atom. The Bertz CT molecular complexity index is 1030. The van der Waals surface area contributed by atoms with E-state index in [9.17, 15) is 9.59 Å². The van der Waals surface area contributed by atoms with E-state index in [-0.39, 0.29) is 18.4 Å². The van der Waals surface area contributed by atoms with E-state index in [4.69, 9.17) is 4.74 Å². The molecule has 3 rings (SSSR count). The average molecular weight is 388 g/mol. The van der Waals surface area contributed by atoms with Crippen LogP contribution in [0.25, 0.3) is 0 Å². The largest absolute Gasteiger partial charge is 0.483 e. The Kier molecular flexibility index (Phi) is 6.29. The van der Waals surface area contributed by atoms with Gasteiger partial charge >= 0.3 is 0 Å². The number of carbonyl (C=O) groups excluding carboxylic acids is 2. The zero-order valence-electron chi connectivity index (χ0n) is 16.8. The second kappa shape index (κ2) is 9.06. The first-order valence-electron chi connectivity index (χ1n) is 9.39. The second-order valence-corrected chi connectivity index (χ2v) is 6.95. The van der Waals surface area contributed by atoms with Crippen LogP contribution in [-0.2, 0) is 4.79 Å². The van der Waals surface area contributed by atoms with E-state index >= 15 is 0 Å². The van der Waals surface area contributed by atoms with Gasteiger partial charge in [0, 0.05) is 16.9 Å². The number of hydrogen-bond donors (Lipinski definition) is 2. The lowest BCUT2D eigenvalue weighted by molar-refractivity contribution is -0.118. The second-order valence-electron chi connectivity index (χ2n) is 6.95. The standard InChI is InChI=1S/C24H24N2O3/c1-16-8-9-18(3)22(14-16)29-15-23(27)25-19-10-12-20(13-11-19)26-24(28)21-7-5-4-6-17(21)2/h4-14H,15H2,1-3H3,(H,25,27)(H,26,28). The molecule has 0 saturated carbocycles. The number of hydrogen-bond acceptors (Lipinski definition) is 3. The van der Waals surface area contributed by atoms with E-state index in [2.05, 4.69) is 10.6 Å². The molecule has 0 radical (unpaired) electrons. The predicted octanol–water partition coefficient (Wildman–Crippen LogP) is 4.88. The zero-order chi connectivity index (χ0) is 20.8. The number of aryl methyl sites for hydroxylation is 3. The van der Waals surface area contributed by atoms with Gasteiger partial charge < -0.3 is 15.4 Å². The monoisotopic (exact) mass is 388 g/mol. The smallest absolute Gasteiger partial charge is 0.262 e. The minimum absolute atomic E-state index is 0.0733. The van der Waals surface area contributed by atoms with Gasteiger partial charge in [-0.05, 0) is 73.9 Å². The number of rotatable bonds is 6. The predicted molar refractivity (Wildman–Crippen MR) is 116 cm³/mol. The third kappa shape index (κ3) is 5.45. The normalized spacial score (nSPS) is 10.3. The minimum Gasteiger partial charge on any atom is -0.483 e. The van der Waals surface area contributed by atoms with Crippen molar-refractivity contribution in [3.8, 4) is 5.75 Å². The van der Waals surface area contributed by atoms with Crippen LogP contribution in [0.5, 0.6) is 5.75 Å². The van der Waals surface area contributed by atoms with Crippen LogP contribution in [0.2, 0.25) is 0 Å². The molecule has 5 nitrogen and oxygen atoms in total. The minimum atomic E-state index is -0.248. The Morgan fingerprint density at radius 1 is 0.793 bits per heavy atom. The first kappa shape index (κ1) is 20.1. The van der Waals surface area contributed by atoms with Gasteiger partial charge in [-0.1, -0.05) is 30.3 Å². The quantitative estimate of drug-likeness (QED) is 0.632. The van der Waals surface area contributed by atoms with E-state index < -0.39 is 0 Å². The van der Waals surface area contributed by atoms with E-state index in [1.807, 2.05) is 57.2 Å². The molecule has 0 spiro atoms. The molecule has 0 aliphatic heterocycles. The van der Waals surface area contributed by atoms with Crippen molar-refractivity contribution in [1.82, 2.24) is 0 Å². The fraction of sp³-hybridized carbons (Fsp3) is 0.167. The molecule has 3 aromatic carbocycles. The summed E-state index contributed by atoms with van der Waals surface area (Å²) in [5.74, 6) is 0.291. The third-order valence-electron chi connectivity index (χ3n) is 4.52. The molecule has 2 amide bonds. The number of benzene rings is 3. The lowest BCUT2D eigenvalue weighted by Gasteiger charge is -2.11. The Hall–Kier alpha value is -3.60. The SMILES string of the molecule is Cc1ccc(C)c(OCC(=O)Nc2ccc(NC(=O)c3ccccc3C)cc2)c1. The highest BCUT2D eigenvalue weighted by Crippen LogP contribution is 2.19. The van der Waals surface area contributed by atoms with Crippen molar-refractivity contribution in [2.24, 2.45) is 0 Å². The summed E-state index contributed by atoms with van der Waals surface area (Å²) in [4.78, 5) is 24.5. The van der Waals surface area contributed by atoms with Gasteiger partial charge in [-0.3, -0.25) is 9.59 Å². The van der Waals surface area contributed by atoms with Gasteiger partial charge in [0.25, 0.3) is 11.8 Å². The molecule has 0 aromatic heterocycles. The molecular formula is C24H24N2O3. The maximum absolute atomic E-state index is 12.4. The van der Waals surface area contributed by atoms with Crippen LogP contribution in [0.15, 0.2) is 66.7 Å². The van der Waals surface area contributed by atoms with Crippen LogP contribution in [-0.4, -0.2) is 18.4 Å². The molecule has 0 saturated heterocycles. The molecule has 148 valence electrons. The topological polar surface area (TPSA) is 67.4 Å². The molecule has 0 aliphatic carbocycles. The third-order valence-corrected chi connectivity index (χ3v) is 4.52. The molecule has 5 heteroatoms. The van der Waals surface area contributed by atoms with Crippen LogP contribution in [0.4, 0.5) is 11.4 Å². The number of anilines is 2. The number of carbonyl (C=O) groups is 2. The maximum atomic E-state index is 12.4. The summed E-state index contributed by atoms with van der Waals surface area (Å²) in [7, 11) is 0. The molecule has 0 unspecified atom stereocenters. The van der Waals surface area contributed by atoms with Crippen LogP contribution >= 0.6 is 0 Å². The van der Waals surface area contributed by atoms with Gasteiger partial charge in [0.15, 0.2) is 6.61 Å². The van der Waals surface area contributed by atoms with Crippen LogP contribution in [0.3, 0.4) is 0 Å². The van der Waals surface area contributed by atoms with Crippen LogP contribution in [0.1, 0.15) is 27.0 Å². The summed E-state index contributed by atoms with van der Waals surface area (Å²) in [6.45, 7) is 5.74. The van der Waals surface area contributed by atoms with Crippen molar-refractivity contribution in [3.05, 3.63) is 89.0 Å². The van der Waals surface area contributed by atoms with Crippen molar-refractivity contribution in [2.75, 3.05) is 17.2 Å². The van der Waals surface area contributed by atoms with Crippen molar-refractivity contribution in [1.29, 1.82) is 0 Å². The molecule has 3 aromatic rings. The Balaban J connectivity index is 1.55. The fourth-order valence-corrected chi connectivity index (χ4v) is 2.87. The van der Waals surface area contributed by atoms with E-state index in [0.717, 1.165) is 16.7 Å². The molecule has 0 bridgehead atoms. The van der Waals surface area contributed by atoms with Crippen molar-refractivity contribution >= 4 is 23.2 Å². The summed E-state index contributed by atoms with van der Waals surface area (Å²) in [6.07, 6.45) is 0. The highest BCUT2D eigenvalue weighted by atomic mass is 16.5. The Morgan fingerprint density at radius 2 is 1.45 bits per heavy atom. The molecule has 2 N–H and O–H groups in total. The van der Waals surface area contributed by atoms with Gasteiger partial charge in [0.1, 0.15) is 5.75 Å². The number of ether oxygens (including phenoxy) is 1. The average Bonchev–Trinajstić information content (AvgIpc) is 2.70. The van der Waals surface area contributed by atoms with Crippen molar-refractivity contribution < 1.29 is 14.3 Å². The lowest BCUT2D eigenvalue weighted by atomic mass is 10.1. The first-order valence-corrected chi connectivity index (χ1v) is 9.39. The Labute approximate surface area is 170 Å². The summed E-state index contributed by atoms with van der Waals surface area (Å²) >= 11 is 0. The molecule has 29 heavy (non-hydrogen) atoms. The van der Waals surface area contributed by atoms with Gasteiger partial charge in [0.05, 0.1) is 0 Å².